The van der Waals surface area contributed by atoms with Crippen molar-refractivity contribution >= 4 is 23.4 Å². The SMILES string of the molecule is CNC(c1c(Cl)ccc(F)c1F)C1CSCCO1. The maximum Gasteiger partial charge on any atom is 0.165 e. The molecule has 1 heterocycles. The zero-order chi connectivity index (χ0) is 13.1. The van der Waals surface area contributed by atoms with Gasteiger partial charge in [0.2, 0.25) is 0 Å². The van der Waals surface area contributed by atoms with E-state index in [0.29, 0.717) is 6.61 Å². The van der Waals surface area contributed by atoms with Gasteiger partial charge in [-0.1, -0.05) is 11.6 Å². The number of hydrogen-bond donors (Lipinski definition) is 1. The minimum absolute atomic E-state index is 0.145. The molecule has 1 aromatic carbocycles. The number of nitrogens with one attached hydrogen (secondary N) is 1. The number of benzene rings is 1. The van der Waals surface area contributed by atoms with Gasteiger partial charge in [-0.05, 0) is 19.2 Å². The molecule has 1 N–H and O–H groups in total. The molecule has 0 radical (unpaired) electrons. The van der Waals surface area contributed by atoms with Crippen molar-refractivity contribution in [1.82, 2.24) is 5.32 Å². The largest absolute Gasteiger partial charge is 0.375 e. The van der Waals surface area contributed by atoms with Gasteiger partial charge in [0, 0.05) is 22.1 Å². The summed E-state index contributed by atoms with van der Waals surface area (Å²) in [7, 11) is 1.69. The van der Waals surface area contributed by atoms with E-state index in [0.717, 1.165) is 17.6 Å². The molecule has 1 aliphatic heterocycles. The van der Waals surface area contributed by atoms with Crippen LogP contribution in [0.1, 0.15) is 11.6 Å². The van der Waals surface area contributed by atoms with Crippen LogP contribution in [0, 0.1) is 11.6 Å². The fourth-order valence-corrected chi connectivity index (χ4v) is 3.21. The summed E-state index contributed by atoms with van der Waals surface area (Å²) >= 11 is 7.72. The molecule has 1 aliphatic rings. The van der Waals surface area contributed by atoms with E-state index in [9.17, 15) is 8.78 Å². The summed E-state index contributed by atoms with van der Waals surface area (Å²) in [5.41, 5.74) is 0.145. The summed E-state index contributed by atoms with van der Waals surface area (Å²) in [5.74, 6) is -0.136. The zero-order valence-corrected chi connectivity index (χ0v) is 11.5. The van der Waals surface area contributed by atoms with Gasteiger partial charge in [-0.25, -0.2) is 8.78 Å². The number of thioether (sulfide) groups is 1. The fraction of sp³-hybridized carbons (Fsp3) is 0.500. The molecule has 100 valence electrons. The molecular weight excluding hydrogens is 280 g/mol. The molecule has 6 heteroatoms. The predicted octanol–water partition coefficient (Wildman–Crippen LogP) is 3.01. The second-order valence-corrected chi connectivity index (χ2v) is 5.56. The van der Waals surface area contributed by atoms with Crippen molar-refractivity contribution in [2.24, 2.45) is 0 Å². The molecule has 0 aromatic heterocycles. The van der Waals surface area contributed by atoms with E-state index in [1.165, 1.54) is 6.07 Å². The number of hydrogen-bond acceptors (Lipinski definition) is 3. The topological polar surface area (TPSA) is 21.3 Å². The highest BCUT2D eigenvalue weighted by Crippen LogP contribution is 2.32. The second-order valence-electron chi connectivity index (χ2n) is 4.01. The number of ether oxygens (including phenoxy) is 1. The first-order valence-electron chi connectivity index (χ1n) is 5.65. The lowest BCUT2D eigenvalue weighted by Crippen LogP contribution is -2.37. The predicted molar refractivity (Wildman–Crippen MR) is 70.2 cm³/mol. The lowest BCUT2D eigenvalue weighted by Gasteiger charge is -2.31. The monoisotopic (exact) mass is 293 g/mol. The Hall–Kier alpha value is -0.360. The summed E-state index contributed by atoms with van der Waals surface area (Å²) in [6, 6.07) is 1.96. The van der Waals surface area contributed by atoms with Crippen molar-refractivity contribution in [3.63, 3.8) is 0 Å². The van der Waals surface area contributed by atoms with Crippen LogP contribution in [0.2, 0.25) is 5.02 Å². The molecule has 2 unspecified atom stereocenters. The zero-order valence-electron chi connectivity index (χ0n) is 9.88. The Balaban J connectivity index is 2.34. The molecule has 0 aliphatic carbocycles. The Morgan fingerprint density at radius 3 is 2.89 bits per heavy atom. The van der Waals surface area contributed by atoms with E-state index < -0.39 is 17.7 Å². The Morgan fingerprint density at radius 2 is 2.28 bits per heavy atom. The summed E-state index contributed by atoms with van der Waals surface area (Å²) in [4.78, 5) is 0. The van der Waals surface area contributed by atoms with Gasteiger partial charge in [-0.2, -0.15) is 11.8 Å². The van der Waals surface area contributed by atoms with Gasteiger partial charge >= 0.3 is 0 Å². The first kappa shape index (κ1) is 14.1. The average Bonchev–Trinajstić information content (AvgIpc) is 2.40. The van der Waals surface area contributed by atoms with Gasteiger partial charge in [0.05, 0.1) is 18.8 Å². The highest BCUT2D eigenvalue weighted by molar-refractivity contribution is 7.99. The highest BCUT2D eigenvalue weighted by atomic mass is 35.5. The van der Waals surface area contributed by atoms with Crippen LogP contribution < -0.4 is 5.32 Å². The van der Waals surface area contributed by atoms with Gasteiger partial charge < -0.3 is 10.1 Å². The molecule has 1 fully saturated rings. The maximum atomic E-state index is 13.9. The molecule has 0 bridgehead atoms. The second kappa shape index (κ2) is 6.19. The van der Waals surface area contributed by atoms with E-state index in [4.69, 9.17) is 16.3 Å². The van der Waals surface area contributed by atoms with E-state index in [1.807, 2.05) is 0 Å². The van der Waals surface area contributed by atoms with Crippen LogP contribution >= 0.6 is 23.4 Å². The summed E-state index contributed by atoms with van der Waals surface area (Å²) < 4.78 is 32.8. The Labute approximate surface area is 114 Å². The standard InChI is InChI=1S/C12H14ClF2NOS/c1-16-12(9-6-18-5-4-17-9)10-7(13)2-3-8(14)11(10)15/h2-3,9,12,16H,4-6H2,1H3. The van der Waals surface area contributed by atoms with E-state index in [2.05, 4.69) is 5.32 Å². The third-order valence-corrected chi connectivity index (χ3v) is 4.26. The molecule has 2 rings (SSSR count). The maximum absolute atomic E-state index is 13.9. The Kier molecular flexibility index (Phi) is 4.84. The fourth-order valence-electron chi connectivity index (χ4n) is 2.04. The molecule has 1 aromatic rings. The Bertz CT molecular complexity index is 427. The van der Waals surface area contributed by atoms with E-state index in [1.54, 1.807) is 18.8 Å². The van der Waals surface area contributed by atoms with Gasteiger partial charge in [-0.3, -0.25) is 0 Å². The Morgan fingerprint density at radius 1 is 1.50 bits per heavy atom. The first-order valence-corrected chi connectivity index (χ1v) is 7.18. The molecule has 0 saturated carbocycles. The third-order valence-electron chi connectivity index (χ3n) is 2.91. The van der Waals surface area contributed by atoms with Crippen LogP contribution in [-0.4, -0.2) is 31.3 Å². The third kappa shape index (κ3) is 2.79. The summed E-state index contributed by atoms with van der Waals surface area (Å²) in [5, 5.41) is 3.18. The molecule has 1 saturated heterocycles. The van der Waals surface area contributed by atoms with Crippen LogP contribution in [0.25, 0.3) is 0 Å². The van der Waals surface area contributed by atoms with Crippen LogP contribution in [0.4, 0.5) is 8.78 Å². The van der Waals surface area contributed by atoms with Crippen LogP contribution in [0.3, 0.4) is 0 Å². The quantitative estimate of drug-likeness (QED) is 0.866. The van der Waals surface area contributed by atoms with E-state index >= 15 is 0 Å². The minimum atomic E-state index is -0.902. The van der Waals surface area contributed by atoms with Gasteiger partial charge in [0.1, 0.15) is 0 Å². The first-order chi connectivity index (χ1) is 8.65. The van der Waals surface area contributed by atoms with Crippen molar-refractivity contribution in [3.8, 4) is 0 Å². The van der Waals surface area contributed by atoms with Crippen molar-refractivity contribution in [1.29, 1.82) is 0 Å². The van der Waals surface area contributed by atoms with Crippen molar-refractivity contribution < 1.29 is 13.5 Å². The van der Waals surface area contributed by atoms with Gasteiger partial charge in [-0.15, -0.1) is 0 Å². The van der Waals surface area contributed by atoms with Crippen LogP contribution in [-0.2, 0) is 4.74 Å². The van der Waals surface area contributed by atoms with E-state index in [-0.39, 0.29) is 16.7 Å². The molecule has 2 atom stereocenters. The van der Waals surface area contributed by atoms with Crippen LogP contribution in [0.15, 0.2) is 12.1 Å². The highest BCUT2D eigenvalue weighted by Gasteiger charge is 2.30. The summed E-state index contributed by atoms with van der Waals surface area (Å²) in [6.45, 7) is 0.613. The number of rotatable bonds is 3. The number of likely N-dealkylation sites (N-methyl/N-ethyl adjacent to an activating group) is 1. The molecule has 0 spiro atoms. The van der Waals surface area contributed by atoms with Crippen LogP contribution in [0.5, 0.6) is 0 Å². The molecule has 2 nitrogen and oxygen atoms in total. The lowest BCUT2D eigenvalue weighted by atomic mass is 10.0. The van der Waals surface area contributed by atoms with Crippen molar-refractivity contribution in [3.05, 3.63) is 34.4 Å². The smallest absolute Gasteiger partial charge is 0.165 e. The van der Waals surface area contributed by atoms with Crippen molar-refractivity contribution in [2.45, 2.75) is 12.1 Å². The lowest BCUT2D eigenvalue weighted by molar-refractivity contribution is 0.0478. The average molecular weight is 294 g/mol. The van der Waals surface area contributed by atoms with Crippen molar-refractivity contribution in [2.75, 3.05) is 25.2 Å². The number of halogens is 3. The molecule has 18 heavy (non-hydrogen) atoms. The molecule has 0 amide bonds. The minimum Gasteiger partial charge on any atom is -0.375 e. The summed E-state index contributed by atoms with van der Waals surface area (Å²) in [6.07, 6.45) is -0.206. The van der Waals surface area contributed by atoms with Gasteiger partial charge in [0.15, 0.2) is 11.6 Å². The van der Waals surface area contributed by atoms with Gasteiger partial charge in [0.25, 0.3) is 0 Å². The molecular formula is C12H14ClF2NOS. The normalized spacial score (nSPS) is 21.9.